The van der Waals surface area contributed by atoms with E-state index in [1.54, 1.807) is 4.57 Å². The van der Waals surface area contributed by atoms with E-state index in [0.717, 1.165) is 41.6 Å². The largest absolute Gasteiger partial charge is 0.391 e. The Labute approximate surface area is 202 Å². The van der Waals surface area contributed by atoms with Crippen molar-refractivity contribution in [1.29, 1.82) is 5.26 Å². The van der Waals surface area contributed by atoms with Crippen LogP contribution >= 0.6 is 0 Å². The molecule has 3 rings (SSSR count). The Balaban J connectivity index is 1.98. The molecular weight excluding hydrogens is 422 g/mol. The summed E-state index contributed by atoms with van der Waals surface area (Å²) in [6.45, 7) is 10.1. The molecule has 1 unspecified atom stereocenters. The second-order valence-corrected chi connectivity index (χ2v) is 10.0. The van der Waals surface area contributed by atoms with Crippen LogP contribution in [0.5, 0.6) is 0 Å². The monoisotopic (exact) mass is 457 g/mol. The summed E-state index contributed by atoms with van der Waals surface area (Å²) in [6.07, 6.45) is 2.59. The molecule has 0 radical (unpaired) electrons. The third-order valence-corrected chi connectivity index (χ3v) is 6.35. The van der Waals surface area contributed by atoms with Crippen LogP contribution in [0, 0.1) is 23.7 Å². The number of hydrogen-bond acceptors (Lipinski definition) is 4. The number of nitrogens with zero attached hydrogens (tertiary/aromatic N) is 3. The van der Waals surface area contributed by atoms with Crippen molar-refractivity contribution >= 4 is 0 Å². The van der Waals surface area contributed by atoms with Gasteiger partial charge in [-0.3, -0.25) is 9.36 Å². The molecule has 0 aliphatic rings. The van der Waals surface area contributed by atoms with Crippen molar-refractivity contribution in [2.75, 3.05) is 0 Å². The van der Waals surface area contributed by atoms with Gasteiger partial charge in [-0.1, -0.05) is 76.6 Å². The third kappa shape index (κ3) is 5.81. The van der Waals surface area contributed by atoms with Crippen LogP contribution in [-0.4, -0.2) is 20.8 Å². The number of aliphatic hydroxyl groups is 1. The first-order chi connectivity index (χ1) is 16.2. The molecule has 34 heavy (non-hydrogen) atoms. The van der Waals surface area contributed by atoms with Crippen molar-refractivity contribution in [2.24, 2.45) is 5.41 Å². The molecule has 0 bridgehead atoms. The first kappa shape index (κ1) is 25.4. The molecule has 5 heteroatoms. The second kappa shape index (κ2) is 10.8. The van der Waals surface area contributed by atoms with Gasteiger partial charge in [-0.15, -0.1) is 0 Å². The Morgan fingerprint density at radius 3 is 2.41 bits per heavy atom. The molecule has 0 aliphatic carbocycles. The minimum absolute atomic E-state index is 0.0687. The fourth-order valence-electron chi connectivity index (χ4n) is 3.99. The molecule has 0 saturated heterocycles. The lowest BCUT2D eigenvalue weighted by Gasteiger charge is -2.27. The summed E-state index contributed by atoms with van der Waals surface area (Å²) < 4.78 is 1.62. The van der Waals surface area contributed by atoms with E-state index in [1.165, 1.54) is 0 Å². The number of rotatable bonds is 8. The normalized spacial score (nSPS) is 12.4. The minimum atomic E-state index is -0.653. The predicted octanol–water partition coefficient (Wildman–Crippen LogP) is 5.43. The van der Waals surface area contributed by atoms with Crippen LogP contribution < -0.4 is 5.56 Å². The lowest BCUT2D eigenvalue weighted by atomic mass is 9.89. The van der Waals surface area contributed by atoms with Gasteiger partial charge in [0.2, 0.25) is 0 Å². The molecule has 1 aromatic heterocycles. The molecular formula is C29H35N3O2. The molecule has 0 amide bonds. The van der Waals surface area contributed by atoms with Crippen LogP contribution in [0.4, 0.5) is 0 Å². The first-order valence-corrected chi connectivity index (χ1v) is 12.0. The van der Waals surface area contributed by atoms with Crippen molar-refractivity contribution in [3.63, 3.8) is 0 Å². The van der Waals surface area contributed by atoms with Gasteiger partial charge in [0, 0.05) is 12.0 Å². The summed E-state index contributed by atoms with van der Waals surface area (Å²) in [6, 6.07) is 17.8. The quantitative estimate of drug-likeness (QED) is 0.489. The van der Waals surface area contributed by atoms with E-state index in [1.807, 2.05) is 76.2 Å². The zero-order chi connectivity index (χ0) is 24.9. The van der Waals surface area contributed by atoms with Crippen LogP contribution in [-0.2, 0) is 19.4 Å². The zero-order valence-corrected chi connectivity index (χ0v) is 20.9. The average Bonchev–Trinajstić information content (AvgIpc) is 2.82. The van der Waals surface area contributed by atoms with Crippen LogP contribution in [0.3, 0.4) is 0 Å². The molecule has 0 saturated carbocycles. The molecule has 178 valence electrons. The van der Waals surface area contributed by atoms with E-state index in [4.69, 9.17) is 4.98 Å². The Bertz CT molecular complexity index is 1230. The molecule has 2 aromatic carbocycles. The molecule has 0 aliphatic heterocycles. The van der Waals surface area contributed by atoms with Gasteiger partial charge in [-0.2, -0.15) is 5.26 Å². The topological polar surface area (TPSA) is 78.9 Å². The summed E-state index contributed by atoms with van der Waals surface area (Å²) in [5, 5.41) is 20.1. The Kier molecular flexibility index (Phi) is 8.06. The zero-order valence-electron chi connectivity index (χ0n) is 20.9. The minimum Gasteiger partial charge on any atom is -0.391 e. The molecule has 5 nitrogen and oxygen atoms in total. The number of aryl methyl sites for hydroxylation is 2. The van der Waals surface area contributed by atoms with Crippen LogP contribution in [0.25, 0.3) is 11.1 Å². The predicted molar refractivity (Wildman–Crippen MR) is 137 cm³/mol. The second-order valence-electron chi connectivity index (χ2n) is 10.0. The molecule has 3 aromatic rings. The van der Waals surface area contributed by atoms with Crippen molar-refractivity contribution in [2.45, 2.75) is 73.0 Å². The standard InChI is InChI=1S/C29H35N3O2/c1-6-7-12-26-25(28(34)32(20(2)31-26)19-27(33)29(3,4)5)17-21-13-15-22(16-14-21)24-11-9-8-10-23(24)18-30/h8-11,13-16,27,33H,6-7,12,17,19H2,1-5H3. The lowest BCUT2D eigenvalue weighted by molar-refractivity contribution is 0.0463. The lowest BCUT2D eigenvalue weighted by Crippen LogP contribution is -2.38. The highest BCUT2D eigenvalue weighted by molar-refractivity contribution is 5.70. The van der Waals surface area contributed by atoms with Crippen LogP contribution in [0.2, 0.25) is 0 Å². The molecule has 0 fully saturated rings. The van der Waals surface area contributed by atoms with E-state index in [-0.39, 0.29) is 17.5 Å². The summed E-state index contributed by atoms with van der Waals surface area (Å²) in [5.41, 5.74) is 4.68. The Morgan fingerprint density at radius 2 is 1.79 bits per heavy atom. The smallest absolute Gasteiger partial charge is 0.257 e. The highest BCUT2D eigenvalue weighted by Gasteiger charge is 2.25. The number of hydrogen-bond donors (Lipinski definition) is 1. The van der Waals surface area contributed by atoms with Crippen LogP contribution in [0.15, 0.2) is 53.3 Å². The van der Waals surface area contributed by atoms with Gasteiger partial charge in [0.25, 0.3) is 5.56 Å². The highest BCUT2D eigenvalue weighted by atomic mass is 16.3. The van der Waals surface area contributed by atoms with E-state index in [2.05, 4.69) is 13.0 Å². The molecule has 1 atom stereocenters. The van der Waals surface area contributed by atoms with E-state index < -0.39 is 6.10 Å². The average molecular weight is 458 g/mol. The fourth-order valence-corrected chi connectivity index (χ4v) is 3.99. The number of unbranched alkanes of at least 4 members (excludes halogenated alkanes) is 1. The summed E-state index contributed by atoms with van der Waals surface area (Å²) in [4.78, 5) is 18.4. The molecule has 1 heterocycles. The molecule has 0 spiro atoms. The summed E-state index contributed by atoms with van der Waals surface area (Å²) >= 11 is 0. The SMILES string of the molecule is CCCCc1nc(C)n(CC(O)C(C)(C)C)c(=O)c1Cc1ccc(-c2ccccc2C#N)cc1. The maximum Gasteiger partial charge on any atom is 0.257 e. The number of benzene rings is 2. The fraction of sp³-hybridized carbons (Fsp3) is 0.414. The number of aliphatic hydroxyl groups excluding tert-OH is 1. The van der Waals surface area contributed by atoms with Gasteiger partial charge in [0.05, 0.1) is 30.0 Å². The van der Waals surface area contributed by atoms with Gasteiger partial charge in [-0.25, -0.2) is 4.98 Å². The summed E-state index contributed by atoms with van der Waals surface area (Å²) in [5.74, 6) is 0.645. The van der Waals surface area contributed by atoms with Crippen molar-refractivity contribution < 1.29 is 5.11 Å². The third-order valence-electron chi connectivity index (χ3n) is 6.35. The van der Waals surface area contributed by atoms with Crippen molar-refractivity contribution in [3.05, 3.63) is 87.1 Å². The van der Waals surface area contributed by atoms with Gasteiger partial charge < -0.3 is 5.11 Å². The van der Waals surface area contributed by atoms with E-state index in [9.17, 15) is 15.2 Å². The van der Waals surface area contributed by atoms with Crippen molar-refractivity contribution in [3.8, 4) is 17.2 Å². The maximum atomic E-state index is 13.6. The Morgan fingerprint density at radius 1 is 1.12 bits per heavy atom. The van der Waals surface area contributed by atoms with Gasteiger partial charge in [0.15, 0.2) is 0 Å². The van der Waals surface area contributed by atoms with Gasteiger partial charge in [-0.05, 0) is 47.9 Å². The maximum absolute atomic E-state index is 13.6. The van der Waals surface area contributed by atoms with Crippen LogP contribution in [0.1, 0.15) is 68.7 Å². The van der Waals surface area contributed by atoms with Crippen molar-refractivity contribution in [1.82, 2.24) is 9.55 Å². The Hall–Kier alpha value is -3.23. The van der Waals surface area contributed by atoms with E-state index >= 15 is 0 Å². The van der Waals surface area contributed by atoms with E-state index in [0.29, 0.717) is 23.4 Å². The first-order valence-electron chi connectivity index (χ1n) is 12.0. The van der Waals surface area contributed by atoms with Gasteiger partial charge in [0.1, 0.15) is 5.82 Å². The summed E-state index contributed by atoms with van der Waals surface area (Å²) in [7, 11) is 0. The number of aromatic nitrogens is 2. The molecule has 1 N–H and O–H groups in total. The van der Waals surface area contributed by atoms with Gasteiger partial charge >= 0.3 is 0 Å². The number of nitriles is 1. The highest BCUT2D eigenvalue weighted by Crippen LogP contribution is 2.25.